The molecular weight excluding hydrogens is 469 g/mol. The van der Waals surface area contributed by atoms with Crippen LogP contribution in [0.2, 0.25) is 0 Å². The molecule has 0 fully saturated rings. The van der Waals surface area contributed by atoms with E-state index >= 15 is 0 Å². The standard InChI is InChI=1S/C26H28FN3O4S/c1-16-12-18(3)25(19(4)13-16)28-24(31)15-30(5)26(32)23-14-22(11-6-17(23)2)35(33,34)29-21-9-7-20(27)8-10-21/h6-14,29H,15H2,1-5H3,(H,28,31). The van der Waals surface area contributed by atoms with Crippen molar-refractivity contribution in [2.24, 2.45) is 0 Å². The number of sulfonamides is 1. The third-order valence-corrected chi connectivity index (χ3v) is 6.89. The number of hydrogen-bond donors (Lipinski definition) is 2. The normalized spacial score (nSPS) is 11.1. The average Bonchev–Trinajstić information content (AvgIpc) is 2.77. The molecule has 0 aliphatic heterocycles. The van der Waals surface area contributed by atoms with Crippen LogP contribution in [0.15, 0.2) is 59.5 Å². The summed E-state index contributed by atoms with van der Waals surface area (Å²) in [5, 5.41) is 2.86. The minimum absolute atomic E-state index is 0.125. The highest BCUT2D eigenvalue weighted by Gasteiger charge is 2.22. The molecule has 0 saturated carbocycles. The Morgan fingerprint density at radius 3 is 2.09 bits per heavy atom. The van der Waals surface area contributed by atoms with Gasteiger partial charge in [-0.3, -0.25) is 14.3 Å². The van der Waals surface area contributed by atoms with Gasteiger partial charge in [0.1, 0.15) is 5.82 Å². The predicted octanol–water partition coefficient (Wildman–Crippen LogP) is 4.57. The smallest absolute Gasteiger partial charge is 0.261 e. The molecule has 0 saturated heterocycles. The maximum Gasteiger partial charge on any atom is 0.261 e. The highest BCUT2D eigenvalue weighted by Crippen LogP contribution is 2.23. The summed E-state index contributed by atoms with van der Waals surface area (Å²) in [6.07, 6.45) is 0. The summed E-state index contributed by atoms with van der Waals surface area (Å²) in [5.41, 5.74) is 4.55. The van der Waals surface area contributed by atoms with Gasteiger partial charge in [-0.15, -0.1) is 0 Å². The number of benzene rings is 3. The number of aryl methyl sites for hydroxylation is 4. The number of amides is 2. The second-order valence-electron chi connectivity index (χ2n) is 8.57. The summed E-state index contributed by atoms with van der Waals surface area (Å²) in [5.74, 6) is -1.35. The summed E-state index contributed by atoms with van der Waals surface area (Å²) < 4.78 is 41.1. The van der Waals surface area contributed by atoms with Crippen LogP contribution in [0, 0.1) is 33.5 Å². The van der Waals surface area contributed by atoms with Crippen LogP contribution in [0.5, 0.6) is 0 Å². The van der Waals surface area contributed by atoms with Gasteiger partial charge in [0.05, 0.1) is 11.4 Å². The zero-order valence-electron chi connectivity index (χ0n) is 20.3. The van der Waals surface area contributed by atoms with Gasteiger partial charge in [-0.1, -0.05) is 23.8 Å². The maximum absolute atomic E-state index is 13.1. The van der Waals surface area contributed by atoms with Crippen LogP contribution < -0.4 is 10.0 Å². The van der Waals surface area contributed by atoms with E-state index in [1.807, 2.05) is 32.9 Å². The molecule has 0 aliphatic carbocycles. The van der Waals surface area contributed by atoms with Crippen molar-refractivity contribution in [2.45, 2.75) is 32.6 Å². The summed E-state index contributed by atoms with van der Waals surface area (Å²) in [6.45, 7) is 7.25. The summed E-state index contributed by atoms with van der Waals surface area (Å²) >= 11 is 0. The molecule has 35 heavy (non-hydrogen) atoms. The van der Waals surface area contributed by atoms with Gasteiger partial charge in [0.15, 0.2) is 0 Å². The quantitative estimate of drug-likeness (QED) is 0.500. The Morgan fingerprint density at radius 1 is 0.886 bits per heavy atom. The van der Waals surface area contributed by atoms with Gasteiger partial charge in [-0.05, 0) is 80.8 Å². The zero-order valence-corrected chi connectivity index (χ0v) is 21.1. The Morgan fingerprint density at radius 2 is 1.49 bits per heavy atom. The fourth-order valence-corrected chi connectivity index (χ4v) is 4.86. The van der Waals surface area contributed by atoms with Gasteiger partial charge in [0.2, 0.25) is 5.91 Å². The maximum atomic E-state index is 13.1. The van der Waals surface area contributed by atoms with E-state index in [2.05, 4.69) is 10.0 Å². The Balaban J connectivity index is 1.77. The van der Waals surface area contributed by atoms with Crippen molar-refractivity contribution in [1.29, 1.82) is 0 Å². The molecule has 2 amide bonds. The molecule has 0 unspecified atom stereocenters. The molecule has 3 aromatic carbocycles. The van der Waals surface area contributed by atoms with Crippen LogP contribution in [0.3, 0.4) is 0 Å². The fraction of sp³-hybridized carbons (Fsp3) is 0.231. The lowest BCUT2D eigenvalue weighted by Crippen LogP contribution is -2.35. The van der Waals surface area contributed by atoms with E-state index in [1.165, 1.54) is 42.3 Å². The molecule has 3 rings (SSSR count). The molecule has 0 heterocycles. The van der Waals surface area contributed by atoms with Crippen molar-refractivity contribution >= 4 is 33.2 Å². The van der Waals surface area contributed by atoms with Crippen molar-refractivity contribution in [3.05, 3.63) is 88.2 Å². The van der Waals surface area contributed by atoms with Gasteiger partial charge >= 0.3 is 0 Å². The number of rotatable bonds is 7. The van der Waals surface area contributed by atoms with E-state index in [-0.39, 0.29) is 28.6 Å². The Labute approximate surface area is 205 Å². The number of carbonyl (C=O) groups excluding carboxylic acids is 2. The molecule has 0 atom stereocenters. The molecule has 0 radical (unpaired) electrons. The number of nitrogens with zero attached hydrogens (tertiary/aromatic N) is 1. The zero-order chi connectivity index (χ0) is 25.9. The number of anilines is 2. The largest absolute Gasteiger partial charge is 0.332 e. The lowest BCUT2D eigenvalue weighted by Gasteiger charge is -2.20. The number of carbonyl (C=O) groups is 2. The number of hydrogen-bond acceptors (Lipinski definition) is 4. The SMILES string of the molecule is Cc1cc(C)c(NC(=O)CN(C)C(=O)c2cc(S(=O)(=O)Nc3ccc(F)cc3)ccc2C)c(C)c1. The third-order valence-electron chi connectivity index (χ3n) is 5.52. The van der Waals surface area contributed by atoms with E-state index in [0.29, 0.717) is 11.3 Å². The lowest BCUT2D eigenvalue weighted by atomic mass is 10.1. The molecule has 0 aliphatic rings. The first-order chi connectivity index (χ1) is 16.4. The van der Waals surface area contributed by atoms with Gasteiger partial charge < -0.3 is 10.2 Å². The van der Waals surface area contributed by atoms with Crippen LogP contribution in [-0.2, 0) is 14.8 Å². The number of nitrogens with one attached hydrogen (secondary N) is 2. The summed E-state index contributed by atoms with van der Waals surface area (Å²) in [7, 11) is -2.54. The number of likely N-dealkylation sites (N-methyl/N-ethyl adjacent to an activating group) is 1. The highest BCUT2D eigenvalue weighted by atomic mass is 32.2. The van der Waals surface area contributed by atoms with Crippen LogP contribution in [-0.4, -0.2) is 38.7 Å². The molecule has 0 bridgehead atoms. The van der Waals surface area contributed by atoms with Crippen LogP contribution in [0.4, 0.5) is 15.8 Å². The second-order valence-corrected chi connectivity index (χ2v) is 10.3. The van der Waals surface area contributed by atoms with Crippen LogP contribution >= 0.6 is 0 Å². The van der Waals surface area contributed by atoms with Crippen molar-refractivity contribution in [3.8, 4) is 0 Å². The van der Waals surface area contributed by atoms with Gasteiger partial charge in [-0.2, -0.15) is 0 Å². The van der Waals surface area contributed by atoms with Crippen molar-refractivity contribution < 1.29 is 22.4 Å². The minimum atomic E-state index is -4.02. The number of halogens is 1. The Hall–Kier alpha value is -3.72. The average molecular weight is 498 g/mol. The highest BCUT2D eigenvalue weighted by molar-refractivity contribution is 7.92. The van der Waals surface area contributed by atoms with E-state index < -0.39 is 21.7 Å². The van der Waals surface area contributed by atoms with E-state index in [1.54, 1.807) is 6.92 Å². The van der Waals surface area contributed by atoms with Crippen molar-refractivity contribution in [1.82, 2.24) is 4.90 Å². The van der Waals surface area contributed by atoms with E-state index in [4.69, 9.17) is 0 Å². The molecule has 184 valence electrons. The van der Waals surface area contributed by atoms with E-state index in [0.717, 1.165) is 28.8 Å². The molecule has 0 spiro atoms. The molecule has 3 aromatic rings. The monoisotopic (exact) mass is 497 g/mol. The van der Waals surface area contributed by atoms with Crippen LogP contribution in [0.1, 0.15) is 32.6 Å². The van der Waals surface area contributed by atoms with Crippen molar-refractivity contribution in [3.63, 3.8) is 0 Å². The van der Waals surface area contributed by atoms with Gasteiger partial charge in [0.25, 0.3) is 15.9 Å². The minimum Gasteiger partial charge on any atom is -0.332 e. The molecule has 2 N–H and O–H groups in total. The second kappa shape index (κ2) is 10.3. The molecule has 9 heteroatoms. The predicted molar refractivity (Wildman–Crippen MR) is 135 cm³/mol. The van der Waals surface area contributed by atoms with Crippen molar-refractivity contribution in [2.75, 3.05) is 23.6 Å². The van der Waals surface area contributed by atoms with Gasteiger partial charge in [0, 0.05) is 24.0 Å². The molecular formula is C26H28FN3O4S. The Kier molecular flexibility index (Phi) is 7.60. The molecule has 0 aromatic heterocycles. The first kappa shape index (κ1) is 25.9. The molecule has 7 nitrogen and oxygen atoms in total. The fourth-order valence-electron chi connectivity index (χ4n) is 3.78. The first-order valence-electron chi connectivity index (χ1n) is 10.9. The first-order valence-corrected chi connectivity index (χ1v) is 12.4. The van der Waals surface area contributed by atoms with Crippen LogP contribution in [0.25, 0.3) is 0 Å². The Bertz CT molecular complexity index is 1360. The topological polar surface area (TPSA) is 95.6 Å². The van der Waals surface area contributed by atoms with E-state index in [9.17, 15) is 22.4 Å². The third kappa shape index (κ3) is 6.24. The van der Waals surface area contributed by atoms with Gasteiger partial charge in [-0.25, -0.2) is 12.8 Å². The lowest BCUT2D eigenvalue weighted by molar-refractivity contribution is -0.116. The summed E-state index contributed by atoms with van der Waals surface area (Å²) in [4.78, 5) is 26.9. The summed E-state index contributed by atoms with van der Waals surface area (Å²) in [6, 6.07) is 13.0.